The molecule has 2 fully saturated rings. The molecule has 5 nitrogen and oxygen atoms in total. The number of anilines is 2. The molecule has 1 N–H and O–H groups in total. The summed E-state index contributed by atoms with van der Waals surface area (Å²) in [5, 5.41) is 11.4. The standard InChI is InChI=1S/C22H29FN4O/c1-4-26(5-2)20-12-15(3)24-21(25-20)27-18-10-11-19(27)14-22(28,13-18)16-6-8-17(23)9-7-16/h6-9,12,18-19,28H,4-5,10-11,13-14H2,1-3H3. The van der Waals surface area contributed by atoms with Gasteiger partial charge in [-0.2, -0.15) is 4.98 Å². The first-order valence-electron chi connectivity index (χ1n) is 10.3. The number of aryl methyl sites for hydroxylation is 1. The van der Waals surface area contributed by atoms with E-state index in [0.29, 0.717) is 12.8 Å². The Bertz CT molecular complexity index is 823. The molecule has 150 valence electrons. The molecular weight excluding hydrogens is 355 g/mol. The Labute approximate surface area is 166 Å². The molecule has 0 spiro atoms. The van der Waals surface area contributed by atoms with Crippen LogP contribution < -0.4 is 9.80 Å². The molecule has 2 bridgehead atoms. The largest absolute Gasteiger partial charge is 0.385 e. The zero-order valence-corrected chi connectivity index (χ0v) is 16.9. The van der Waals surface area contributed by atoms with Crippen molar-refractivity contribution in [2.75, 3.05) is 22.9 Å². The maximum atomic E-state index is 13.3. The number of rotatable bonds is 5. The summed E-state index contributed by atoms with van der Waals surface area (Å²) in [6.45, 7) is 8.09. The fourth-order valence-electron chi connectivity index (χ4n) is 4.91. The van der Waals surface area contributed by atoms with Gasteiger partial charge in [0.1, 0.15) is 11.6 Å². The molecule has 1 aromatic carbocycles. The number of nitrogens with zero attached hydrogens (tertiary/aromatic N) is 4. The SMILES string of the molecule is CCN(CC)c1cc(C)nc(N2C3CCC2CC(O)(c2ccc(F)cc2)C3)n1. The molecular formula is C22H29FN4O. The van der Waals surface area contributed by atoms with Gasteiger partial charge in [-0.3, -0.25) is 0 Å². The average molecular weight is 384 g/mol. The Kier molecular flexibility index (Phi) is 5.00. The van der Waals surface area contributed by atoms with Crippen molar-refractivity contribution in [3.8, 4) is 0 Å². The fourth-order valence-corrected chi connectivity index (χ4v) is 4.91. The normalized spacial score (nSPS) is 26.5. The number of aliphatic hydroxyl groups is 1. The van der Waals surface area contributed by atoms with Crippen molar-refractivity contribution in [1.82, 2.24) is 9.97 Å². The van der Waals surface area contributed by atoms with Gasteiger partial charge in [0.25, 0.3) is 0 Å². The van der Waals surface area contributed by atoms with Crippen LogP contribution >= 0.6 is 0 Å². The second kappa shape index (κ2) is 7.32. The first-order valence-corrected chi connectivity index (χ1v) is 10.3. The van der Waals surface area contributed by atoms with Crippen LogP contribution in [-0.2, 0) is 5.60 Å². The summed E-state index contributed by atoms with van der Waals surface area (Å²) in [6.07, 6.45) is 3.28. The summed E-state index contributed by atoms with van der Waals surface area (Å²) in [5.74, 6) is 1.46. The van der Waals surface area contributed by atoms with E-state index in [1.165, 1.54) is 12.1 Å². The minimum atomic E-state index is -0.915. The summed E-state index contributed by atoms with van der Waals surface area (Å²) in [6, 6.07) is 8.72. The maximum absolute atomic E-state index is 13.3. The highest BCUT2D eigenvalue weighted by Crippen LogP contribution is 2.47. The van der Waals surface area contributed by atoms with E-state index in [-0.39, 0.29) is 17.9 Å². The lowest BCUT2D eigenvalue weighted by Gasteiger charge is -2.44. The summed E-state index contributed by atoms with van der Waals surface area (Å²) >= 11 is 0. The Hall–Kier alpha value is -2.21. The predicted octanol–water partition coefficient (Wildman–Crippen LogP) is 3.79. The highest BCUT2D eigenvalue weighted by atomic mass is 19.1. The van der Waals surface area contributed by atoms with E-state index < -0.39 is 5.60 Å². The van der Waals surface area contributed by atoms with Crippen LogP contribution in [0.15, 0.2) is 30.3 Å². The molecule has 2 atom stereocenters. The molecule has 0 saturated carbocycles. The number of fused-ring (bicyclic) bond motifs is 2. The Morgan fingerprint density at radius 3 is 2.29 bits per heavy atom. The lowest BCUT2D eigenvalue weighted by atomic mass is 9.80. The van der Waals surface area contributed by atoms with Gasteiger partial charge < -0.3 is 14.9 Å². The molecule has 4 rings (SSSR count). The van der Waals surface area contributed by atoms with Crippen molar-refractivity contribution in [3.63, 3.8) is 0 Å². The fraction of sp³-hybridized carbons (Fsp3) is 0.545. The minimum Gasteiger partial charge on any atom is -0.385 e. The smallest absolute Gasteiger partial charge is 0.228 e. The number of halogens is 1. The summed E-state index contributed by atoms with van der Waals surface area (Å²) in [4.78, 5) is 14.2. The van der Waals surface area contributed by atoms with E-state index in [1.807, 2.05) is 13.0 Å². The Morgan fingerprint density at radius 2 is 1.71 bits per heavy atom. The summed E-state index contributed by atoms with van der Waals surface area (Å²) in [7, 11) is 0. The van der Waals surface area contributed by atoms with Gasteiger partial charge in [-0.15, -0.1) is 0 Å². The average Bonchev–Trinajstić information content (AvgIpc) is 2.95. The number of hydrogen-bond donors (Lipinski definition) is 1. The van der Waals surface area contributed by atoms with Crippen LogP contribution in [-0.4, -0.2) is 40.2 Å². The van der Waals surface area contributed by atoms with Crippen LogP contribution in [0.5, 0.6) is 0 Å². The molecule has 0 aliphatic carbocycles. The quantitative estimate of drug-likeness (QED) is 0.850. The van der Waals surface area contributed by atoms with E-state index in [1.54, 1.807) is 12.1 Å². The minimum absolute atomic E-state index is 0.195. The molecule has 2 aromatic rings. The van der Waals surface area contributed by atoms with Gasteiger partial charge >= 0.3 is 0 Å². The zero-order valence-electron chi connectivity index (χ0n) is 16.9. The van der Waals surface area contributed by atoms with Gasteiger partial charge in [-0.1, -0.05) is 12.1 Å². The highest BCUT2D eigenvalue weighted by Gasteiger charge is 2.49. The van der Waals surface area contributed by atoms with Gasteiger partial charge in [0.05, 0.1) is 5.60 Å². The predicted molar refractivity (Wildman–Crippen MR) is 109 cm³/mol. The first kappa shape index (κ1) is 19.1. The first-order chi connectivity index (χ1) is 13.4. The highest BCUT2D eigenvalue weighted by molar-refractivity contribution is 5.48. The number of benzene rings is 1. The number of piperidine rings is 1. The van der Waals surface area contributed by atoms with E-state index in [9.17, 15) is 9.50 Å². The van der Waals surface area contributed by atoms with Crippen LogP contribution in [0, 0.1) is 12.7 Å². The zero-order chi connectivity index (χ0) is 19.9. The molecule has 0 amide bonds. The molecule has 1 aromatic heterocycles. The Balaban J connectivity index is 1.63. The summed E-state index contributed by atoms with van der Waals surface area (Å²) < 4.78 is 13.3. The molecule has 2 unspecified atom stereocenters. The van der Waals surface area contributed by atoms with Crippen molar-refractivity contribution in [1.29, 1.82) is 0 Å². The van der Waals surface area contributed by atoms with Crippen LogP contribution in [0.25, 0.3) is 0 Å². The van der Waals surface area contributed by atoms with Crippen LogP contribution in [0.2, 0.25) is 0 Å². The van der Waals surface area contributed by atoms with Crippen LogP contribution in [0.4, 0.5) is 16.2 Å². The Morgan fingerprint density at radius 1 is 1.11 bits per heavy atom. The molecule has 0 radical (unpaired) electrons. The van der Waals surface area contributed by atoms with Crippen molar-refractivity contribution in [3.05, 3.63) is 47.4 Å². The van der Waals surface area contributed by atoms with Gasteiger partial charge in [0, 0.05) is 49.8 Å². The van der Waals surface area contributed by atoms with E-state index in [4.69, 9.17) is 9.97 Å². The third kappa shape index (κ3) is 3.34. The van der Waals surface area contributed by atoms with Crippen molar-refractivity contribution in [2.45, 2.75) is 64.1 Å². The molecule has 2 aliphatic rings. The van der Waals surface area contributed by atoms with Crippen LogP contribution in [0.1, 0.15) is 50.8 Å². The van der Waals surface area contributed by atoms with Gasteiger partial charge in [-0.25, -0.2) is 9.37 Å². The third-order valence-corrected chi connectivity index (χ3v) is 6.30. The molecule has 28 heavy (non-hydrogen) atoms. The topological polar surface area (TPSA) is 52.5 Å². The second-order valence-corrected chi connectivity index (χ2v) is 8.08. The molecule has 2 aliphatic heterocycles. The van der Waals surface area contributed by atoms with Gasteiger partial charge in [0.15, 0.2) is 0 Å². The second-order valence-electron chi connectivity index (χ2n) is 8.08. The maximum Gasteiger partial charge on any atom is 0.228 e. The van der Waals surface area contributed by atoms with Gasteiger partial charge in [-0.05, 0) is 51.3 Å². The monoisotopic (exact) mass is 384 g/mol. The lowest BCUT2D eigenvalue weighted by molar-refractivity contribution is -0.00341. The van der Waals surface area contributed by atoms with E-state index in [2.05, 4.69) is 23.6 Å². The van der Waals surface area contributed by atoms with Crippen molar-refractivity contribution in [2.24, 2.45) is 0 Å². The van der Waals surface area contributed by atoms with Crippen LogP contribution in [0.3, 0.4) is 0 Å². The number of aromatic nitrogens is 2. The van der Waals surface area contributed by atoms with Crippen molar-refractivity contribution < 1.29 is 9.50 Å². The van der Waals surface area contributed by atoms with Crippen molar-refractivity contribution >= 4 is 11.8 Å². The molecule has 2 saturated heterocycles. The van der Waals surface area contributed by atoms with E-state index >= 15 is 0 Å². The van der Waals surface area contributed by atoms with E-state index in [0.717, 1.165) is 49.0 Å². The molecule has 6 heteroatoms. The summed E-state index contributed by atoms with van der Waals surface area (Å²) in [5.41, 5.74) is 0.854. The number of hydrogen-bond acceptors (Lipinski definition) is 5. The third-order valence-electron chi connectivity index (χ3n) is 6.30. The lowest BCUT2D eigenvalue weighted by Crippen LogP contribution is -2.50. The van der Waals surface area contributed by atoms with Gasteiger partial charge in [0.2, 0.25) is 5.95 Å². The molecule has 3 heterocycles.